The number of aromatic nitrogens is 1. The van der Waals surface area contributed by atoms with Crippen molar-refractivity contribution in [3.8, 4) is 9.88 Å². The molecule has 0 aromatic carbocycles. The van der Waals surface area contributed by atoms with Gasteiger partial charge in [-0.05, 0) is 11.4 Å². The average molecular weight is 266 g/mol. The van der Waals surface area contributed by atoms with Crippen molar-refractivity contribution in [2.75, 3.05) is 26.3 Å². The molecule has 0 bridgehead atoms. The lowest BCUT2D eigenvalue weighted by atomic mass is 10.3. The van der Waals surface area contributed by atoms with E-state index in [4.69, 9.17) is 9.72 Å². The predicted octanol–water partition coefficient (Wildman–Crippen LogP) is 2.70. The fourth-order valence-electron chi connectivity index (χ4n) is 1.88. The van der Waals surface area contributed by atoms with Gasteiger partial charge in [-0.3, -0.25) is 4.90 Å². The Bertz CT molecular complexity index is 461. The van der Waals surface area contributed by atoms with Crippen LogP contribution in [0.2, 0.25) is 0 Å². The highest BCUT2D eigenvalue weighted by Gasteiger charge is 2.13. The first-order valence-corrected chi connectivity index (χ1v) is 7.46. The molecular weight excluding hydrogens is 252 g/mol. The summed E-state index contributed by atoms with van der Waals surface area (Å²) < 4.78 is 5.34. The Kier molecular flexibility index (Phi) is 3.51. The number of thiazole rings is 1. The summed E-state index contributed by atoms with van der Waals surface area (Å²) in [6.45, 7) is 4.69. The zero-order valence-electron chi connectivity index (χ0n) is 9.46. The molecule has 0 atom stereocenters. The monoisotopic (exact) mass is 266 g/mol. The third kappa shape index (κ3) is 2.74. The normalized spacial score (nSPS) is 17.4. The Labute approximate surface area is 109 Å². The number of rotatable bonds is 3. The molecule has 3 heterocycles. The zero-order valence-corrected chi connectivity index (χ0v) is 11.1. The Balaban J connectivity index is 1.68. The second kappa shape index (κ2) is 5.27. The number of hydrogen-bond donors (Lipinski definition) is 0. The maximum atomic E-state index is 5.34. The fraction of sp³-hybridized carbons (Fsp3) is 0.417. The summed E-state index contributed by atoms with van der Waals surface area (Å²) in [6, 6.07) is 4.20. The van der Waals surface area contributed by atoms with E-state index in [1.165, 1.54) is 10.6 Å². The largest absolute Gasteiger partial charge is 0.379 e. The Hall–Kier alpha value is -0.750. The van der Waals surface area contributed by atoms with E-state index in [-0.39, 0.29) is 0 Å². The van der Waals surface area contributed by atoms with Crippen LogP contribution in [0.25, 0.3) is 9.88 Å². The maximum Gasteiger partial charge on any atom is 0.133 e. The Morgan fingerprint density at radius 1 is 1.29 bits per heavy atom. The van der Waals surface area contributed by atoms with Gasteiger partial charge in [-0.15, -0.1) is 22.7 Å². The van der Waals surface area contributed by atoms with Crippen molar-refractivity contribution in [1.82, 2.24) is 9.88 Å². The van der Waals surface area contributed by atoms with Crippen LogP contribution in [0, 0.1) is 0 Å². The van der Waals surface area contributed by atoms with Crippen LogP contribution in [-0.2, 0) is 11.3 Å². The van der Waals surface area contributed by atoms with Gasteiger partial charge in [0.25, 0.3) is 0 Å². The molecule has 2 aromatic heterocycles. The highest BCUT2D eigenvalue weighted by atomic mass is 32.1. The lowest BCUT2D eigenvalue weighted by Gasteiger charge is -2.25. The quantitative estimate of drug-likeness (QED) is 0.854. The van der Waals surface area contributed by atoms with Crippen LogP contribution in [0.4, 0.5) is 0 Å². The van der Waals surface area contributed by atoms with E-state index in [0.717, 1.165) is 37.9 Å². The molecule has 90 valence electrons. The zero-order chi connectivity index (χ0) is 11.5. The molecule has 17 heavy (non-hydrogen) atoms. The molecule has 3 rings (SSSR count). The first-order valence-electron chi connectivity index (χ1n) is 5.70. The second-order valence-electron chi connectivity index (χ2n) is 4.01. The standard InChI is InChI=1S/C12H14N2OS2/c1-2-11(16-7-1)12-13-10(9-17-12)8-14-3-5-15-6-4-14/h1-2,7,9H,3-6,8H2. The second-order valence-corrected chi connectivity index (χ2v) is 5.82. The smallest absolute Gasteiger partial charge is 0.133 e. The third-order valence-corrected chi connectivity index (χ3v) is 4.70. The fourth-order valence-corrected chi connectivity index (χ4v) is 3.51. The van der Waals surface area contributed by atoms with Gasteiger partial charge in [-0.25, -0.2) is 4.98 Å². The number of morpholine rings is 1. The van der Waals surface area contributed by atoms with Gasteiger partial charge in [0.2, 0.25) is 0 Å². The summed E-state index contributed by atoms with van der Waals surface area (Å²) in [4.78, 5) is 8.36. The summed E-state index contributed by atoms with van der Waals surface area (Å²) in [5.41, 5.74) is 1.18. The third-order valence-electron chi connectivity index (χ3n) is 2.77. The van der Waals surface area contributed by atoms with Gasteiger partial charge in [-0.2, -0.15) is 0 Å². The van der Waals surface area contributed by atoms with Gasteiger partial charge in [0.1, 0.15) is 5.01 Å². The van der Waals surface area contributed by atoms with Gasteiger partial charge >= 0.3 is 0 Å². The summed E-state index contributed by atoms with van der Waals surface area (Å²) in [5.74, 6) is 0. The highest BCUT2D eigenvalue weighted by molar-refractivity contribution is 7.20. The van der Waals surface area contributed by atoms with Crippen LogP contribution in [0.15, 0.2) is 22.9 Å². The lowest BCUT2D eigenvalue weighted by Crippen LogP contribution is -2.35. The van der Waals surface area contributed by atoms with Crippen molar-refractivity contribution in [2.24, 2.45) is 0 Å². The van der Waals surface area contributed by atoms with E-state index >= 15 is 0 Å². The summed E-state index contributed by atoms with van der Waals surface area (Å²) >= 11 is 3.49. The molecule has 0 saturated carbocycles. The van der Waals surface area contributed by atoms with Gasteiger partial charge in [-0.1, -0.05) is 6.07 Å². The van der Waals surface area contributed by atoms with Crippen LogP contribution in [-0.4, -0.2) is 36.2 Å². The molecule has 1 fully saturated rings. The van der Waals surface area contributed by atoms with E-state index in [0.29, 0.717) is 0 Å². The van der Waals surface area contributed by atoms with Gasteiger partial charge in [0, 0.05) is 25.0 Å². The molecule has 0 radical (unpaired) electrons. The number of hydrogen-bond acceptors (Lipinski definition) is 5. The molecule has 1 aliphatic rings. The summed E-state index contributed by atoms with van der Waals surface area (Å²) in [5, 5.41) is 5.41. The molecule has 0 N–H and O–H groups in total. The minimum Gasteiger partial charge on any atom is -0.379 e. The number of thiophene rings is 1. The average Bonchev–Trinajstić information content (AvgIpc) is 3.00. The topological polar surface area (TPSA) is 25.4 Å². The number of ether oxygens (including phenoxy) is 1. The van der Waals surface area contributed by atoms with Crippen LogP contribution < -0.4 is 0 Å². The van der Waals surface area contributed by atoms with Crippen molar-refractivity contribution in [3.05, 3.63) is 28.6 Å². The van der Waals surface area contributed by atoms with Crippen molar-refractivity contribution in [3.63, 3.8) is 0 Å². The summed E-state index contributed by atoms with van der Waals surface area (Å²) in [7, 11) is 0. The highest BCUT2D eigenvalue weighted by Crippen LogP contribution is 2.28. The molecular formula is C12H14N2OS2. The van der Waals surface area contributed by atoms with Crippen molar-refractivity contribution < 1.29 is 4.74 Å². The van der Waals surface area contributed by atoms with Crippen LogP contribution in [0.3, 0.4) is 0 Å². The molecule has 0 spiro atoms. The van der Waals surface area contributed by atoms with Gasteiger partial charge in [0.05, 0.1) is 23.8 Å². The van der Waals surface area contributed by atoms with E-state index < -0.39 is 0 Å². The SMILES string of the molecule is c1csc(-c2nc(CN3CCOCC3)cs2)c1. The van der Waals surface area contributed by atoms with E-state index in [1.807, 2.05) is 0 Å². The molecule has 5 heteroatoms. The van der Waals surface area contributed by atoms with Crippen LogP contribution >= 0.6 is 22.7 Å². The summed E-state index contributed by atoms with van der Waals surface area (Å²) in [6.07, 6.45) is 0. The Morgan fingerprint density at radius 2 is 2.18 bits per heavy atom. The minimum absolute atomic E-state index is 0.849. The first kappa shape index (κ1) is 11.3. The van der Waals surface area contributed by atoms with Crippen LogP contribution in [0.5, 0.6) is 0 Å². The van der Waals surface area contributed by atoms with Crippen molar-refractivity contribution >= 4 is 22.7 Å². The minimum atomic E-state index is 0.849. The lowest BCUT2D eigenvalue weighted by molar-refractivity contribution is 0.0337. The molecule has 0 aliphatic carbocycles. The van der Waals surface area contributed by atoms with E-state index in [9.17, 15) is 0 Å². The molecule has 0 unspecified atom stereocenters. The molecule has 1 aliphatic heterocycles. The van der Waals surface area contributed by atoms with E-state index in [1.54, 1.807) is 22.7 Å². The molecule has 0 amide bonds. The molecule has 2 aromatic rings. The molecule has 3 nitrogen and oxygen atoms in total. The van der Waals surface area contributed by atoms with Gasteiger partial charge in [0.15, 0.2) is 0 Å². The maximum absolute atomic E-state index is 5.34. The number of nitrogens with zero attached hydrogens (tertiary/aromatic N) is 2. The predicted molar refractivity (Wildman–Crippen MR) is 71.5 cm³/mol. The van der Waals surface area contributed by atoms with Crippen molar-refractivity contribution in [1.29, 1.82) is 0 Å². The molecule has 1 saturated heterocycles. The van der Waals surface area contributed by atoms with Crippen molar-refractivity contribution in [2.45, 2.75) is 6.54 Å². The van der Waals surface area contributed by atoms with E-state index in [2.05, 4.69) is 27.8 Å². The van der Waals surface area contributed by atoms with Gasteiger partial charge < -0.3 is 4.74 Å². The first-order chi connectivity index (χ1) is 8.42. The Morgan fingerprint density at radius 3 is 2.94 bits per heavy atom. The van der Waals surface area contributed by atoms with Crippen LogP contribution in [0.1, 0.15) is 5.69 Å².